The molecule has 1 saturated heterocycles. The number of nitrogens with one attached hydrogen (secondary N) is 1. The molecule has 4 aromatic rings. The summed E-state index contributed by atoms with van der Waals surface area (Å²) in [6.45, 7) is 14.0. The molecule has 0 radical (unpaired) electrons. The zero-order valence-corrected chi connectivity index (χ0v) is 18.6. The molecule has 1 N–H and O–H groups in total. The number of ether oxygens (including phenoxy) is 2. The van der Waals surface area contributed by atoms with Gasteiger partial charge in [0.1, 0.15) is 11.6 Å². The van der Waals surface area contributed by atoms with Crippen molar-refractivity contribution in [3.8, 4) is 11.8 Å². The van der Waals surface area contributed by atoms with Crippen molar-refractivity contribution in [1.29, 1.82) is 0 Å². The Bertz CT molecular complexity index is 1330. The van der Waals surface area contributed by atoms with E-state index in [0.29, 0.717) is 42.8 Å². The highest BCUT2D eigenvalue weighted by molar-refractivity contribution is 5.85. The second-order valence-electron chi connectivity index (χ2n) is 8.07. The van der Waals surface area contributed by atoms with Crippen molar-refractivity contribution in [3.05, 3.63) is 76.5 Å². The van der Waals surface area contributed by atoms with E-state index in [0.717, 1.165) is 24.2 Å². The average Bonchev–Trinajstić information content (AvgIpc) is 3.13. The van der Waals surface area contributed by atoms with E-state index < -0.39 is 0 Å². The number of aromatic amines is 1. The van der Waals surface area contributed by atoms with Crippen molar-refractivity contribution in [2.24, 2.45) is 0 Å². The third-order valence-corrected chi connectivity index (χ3v) is 5.85. The number of morpholine rings is 1. The SMILES string of the molecule is [C-]#[N+]c1ccc(Oc2nc(Cc3ccc4[nH]c(C)c(C)c4c3)nc(N3CCOCC3)n2)cc1. The summed E-state index contributed by atoms with van der Waals surface area (Å²) in [5.41, 5.74) is 5.24. The van der Waals surface area contributed by atoms with Gasteiger partial charge in [-0.05, 0) is 49.2 Å². The van der Waals surface area contributed by atoms with Crippen LogP contribution in [0.3, 0.4) is 0 Å². The summed E-state index contributed by atoms with van der Waals surface area (Å²) in [6, 6.07) is 13.5. The number of anilines is 1. The van der Waals surface area contributed by atoms with Gasteiger partial charge < -0.3 is 19.4 Å². The molecule has 5 rings (SSSR count). The summed E-state index contributed by atoms with van der Waals surface area (Å²) >= 11 is 0. The van der Waals surface area contributed by atoms with Crippen LogP contribution in [0, 0.1) is 20.4 Å². The van der Waals surface area contributed by atoms with Crippen molar-refractivity contribution in [2.75, 3.05) is 31.2 Å². The van der Waals surface area contributed by atoms with Gasteiger partial charge in [-0.2, -0.15) is 15.0 Å². The maximum Gasteiger partial charge on any atom is 0.327 e. The predicted molar refractivity (Wildman–Crippen MR) is 126 cm³/mol. The highest BCUT2D eigenvalue weighted by atomic mass is 16.5. The van der Waals surface area contributed by atoms with E-state index in [9.17, 15) is 0 Å². The molecule has 0 saturated carbocycles. The van der Waals surface area contributed by atoms with Gasteiger partial charge in [-0.15, -0.1) is 0 Å². The topological polar surface area (TPSA) is 80.5 Å². The van der Waals surface area contributed by atoms with Crippen molar-refractivity contribution in [2.45, 2.75) is 20.3 Å². The van der Waals surface area contributed by atoms with Gasteiger partial charge >= 0.3 is 6.01 Å². The van der Waals surface area contributed by atoms with E-state index in [2.05, 4.69) is 56.7 Å². The number of aryl methyl sites for hydroxylation is 2. The van der Waals surface area contributed by atoms with E-state index in [1.807, 2.05) is 0 Å². The van der Waals surface area contributed by atoms with Crippen LogP contribution in [0.4, 0.5) is 11.6 Å². The second-order valence-corrected chi connectivity index (χ2v) is 8.07. The summed E-state index contributed by atoms with van der Waals surface area (Å²) in [6.07, 6.45) is 0.562. The molecule has 1 fully saturated rings. The van der Waals surface area contributed by atoms with Crippen LogP contribution >= 0.6 is 0 Å². The summed E-state index contributed by atoms with van der Waals surface area (Å²) in [5.74, 6) is 1.81. The van der Waals surface area contributed by atoms with Crippen molar-refractivity contribution >= 4 is 22.5 Å². The molecule has 33 heavy (non-hydrogen) atoms. The fourth-order valence-electron chi connectivity index (χ4n) is 3.91. The quantitative estimate of drug-likeness (QED) is 0.452. The molecule has 8 heteroatoms. The van der Waals surface area contributed by atoms with Crippen LogP contribution in [0.15, 0.2) is 42.5 Å². The number of hydrogen-bond acceptors (Lipinski definition) is 6. The molecule has 166 valence electrons. The monoisotopic (exact) mass is 440 g/mol. The molecule has 0 unspecified atom stereocenters. The van der Waals surface area contributed by atoms with Gasteiger partial charge in [0, 0.05) is 36.1 Å². The average molecular weight is 441 g/mol. The van der Waals surface area contributed by atoms with Gasteiger partial charge in [0.05, 0.1) is 19.8 Å². The minimum absolute atomic E-state index is 0.242. The Labute approximate surface area is 192 Å². The standard InChI is InChI=1S/C25H24N6O2/c1-16-17(2)27-22-9-4-18(14-21(16)22)15-23-28-24(31-10-12-32-13-11-31)30-25(29-23)33-20-7-5-19(26-3)6-8-20/h4-9,14,27H,10-13,15H2,1-2H3. The first-order valence-electron chi connectivity index (χ1n) is 10.9. The highest BCUT2D eigenvalue weighted by Crippen LogP contribution is 2.26. The third kappa shape index (κ3) is 4.49. The lowest BCUT2D eigenvalue weighted by Crippen LogP contribution is -2.37. The molecule has 2 aromatic carbocycles. The Morgan fingerprint density at radius 1 is 1.06 bits per heavy atom. The lowest BCUT2D eigenvalue weighted by molar-refractivity contribution is 0.122. The van der Waals surface area contributed by atoms with E-state index in [4.69, 9.17) is 21.0 Å². The molecule has 0 aliphatic carbocycles. The summed E-state index contributed by atoms with van der Waals surface area (Å²) < 4.78 is 11.4. The van der Waals surface area contributed by atoms with Gasteiger partial charge in [-0.1, -0.05) is 18.2 Å². The Balaban J connectivity index is 1.47. The third-order valence-electron chi connectivity index (χ3n) is 5.85. The Morgan fingerprint density at radius 3 is 2.61 bits per heavy atom. The molecule has 0 amide bonds. The number of nitrogens with zero attached hydrogens (tertiary/aromatic N) is 5. The van der Waals surface area contributed by atoms with Gasteiger partial charge in [-0.25, -0.2) is 4.85 Å². The molecular weight excluding hydrogens is 416 g/mol. The van der Waals surface area contributed by atoms with Gasteiger partial charge in [0.2, 0.25) is 5.95 Å². The number of hydrogen-bond donors (Lipinski definition) is 1. The zero-order valence-electron chi connectivity index (χ0n) is 18.6. The Hall–Kier alpha value is -3.96. The number of H-pyrrole nitrogens is 1. The van der Waals surface area contributed by atoms with Crippen LogP contribution in [0.2, 0.25) is 0 Å². The maximum absolute atomic E-state index is 7.11. The van der Waals surface area contributed by atoms with Gasteiger partial charge in [0.15, 0.2) is 5.69 Å². The zero-order chi connectivity index (χ0) is 22.8. The van der Waals surface area contributed by atoms with Crippen LogP contribution in [0.25, 0.3) is 15.7 Å². The first kappa shape index (κ1) is 20.9. The van der Waals surface area contributed by atoms with Crippen molar-refractivity contribution < 1.29 is 9.47 Å². The van der Waals surface area contributed by atoms with E-state index in [1.54, 1.807) is 24.3 Å². The summed E-state index contributed by atoms with van der Waals surface area (Å²) in [7, 11) is 0. The number of aromatic nitrogens is 4. The van der Waals surface area contributed by atoms with Gasteiger partial charge in [-0.3, -0.25) is 0 Å². The number of fused-ring (bicyclic) bond motifs is 1. The lowest BCUT2D eigenvalue weighted by atomic mass is 10.1. The van der Waals surface area contributed by atoms with Crippen LogP contribution in [0.1, 0.15) is 22.6 Å². The fourth-order valence-corrected chi connectivity index (χ4v) is 3.91. The lowest BCUT2D eigenvalue weighted by Gasteiger charge is -2.27. The fraction of sp³-hybridized carbons (Fsp3) is 0.280. The molecule has 0 spiro atoms. The second kappa shape index (κ2) is 8.88. The molecule has 0 atom stereocenters. The van der Waals surface area contributed by atoms with Crippen molar-refractivity contribution in [1.82, 2.24) is 19.9 Å². The van der Waals surface area contributed by atoms with Crippen LogP contribution in [0.5, 0.6) is 11.8 Å². The Morgan fingerprint density at radius 2 is 1.85 bits per heavy atom. The summed E-state index contributed by atoms with van der Waals surface area (Å²) in [5, 5.41) is 1.21. The molecule has 1 aliphatic heterocycles. The normalized spacial score (nSPS) is 13.8. The smallest absolute Gasteiger partial charge is 0.327 e. The minimum Gasteiger partial charge on any atom is -0.424 e. The van der Waals surface area contributed by atoms with Crippen molar-refractivity contribution in [3.63, 3.8) is 0 Å². The van der Waals surface area contributed by atoms with Gasteiger partial charge in [0.25, 0.3) is 0 Å². The predicted octanol–water partition coefficient (Wildman–Crippen LogP) is 4.74. The molecular formula is C25H24N6O2. The molecule has 8 nitrogen and oxygen atoms in total. The number of benzene rings is 2. The minimum atomic E-state index is 0.242. The van der Waals surface area contributed by atoms with E-state index in [-0.39, 0.29) is 6.01 Å². The van der Waals surface area contributed by atoms with E-state index >= 15 is 0 Å². The highest BCUT2D eigenvalue weighted by Gasteiger charge is 2.18. The largest absolute Gasteiger partial charge is 0.424 e. The molecule has 2 aromatic heterocycles. The van der Waals surface area contributed by atoms with Crippen LogP contribution < -0.4 is 9.64 Å². The first-order chi connectivity index (χ1) is 16.1. The molecule has 1 aliphatic rings. The molecule has 3 heterocycles. The summed E-state index contributed by atoms with van der Waals surface area (Å²) in [4.78, 5) is 22.8. The maximum atomic E-state index is 7.11. The molecule has 0 bridgehead atoms. The number of rotatable bonds is 5. The Kier molecular flexibility index (Phi) is 5.63. The van der Waals surface area contributed by atoms with E-state index in [1.165, 1.54) is 16.6 Å². The van der Waals surface area contributed by atoms with Crippen LogP contribution in [-0.2, 0) is 11.2 Å². The van der Waals surface area contributed by atoms with Crippen LogP contribution in [-0.4, -0.2) is 46.2 Å². The first-order valence-corrected chi connectivity index (χ1v) is 10.9.